The number of benzene rings is 1. The van der Waals surface area contributed by atoms with Gasteiger partial charge in [0.25, 0.3) is 0 Å². The topological polar surface area (TPSA) is 60.7 Å². The van der Waals surface area contributed by atoms with Gasteiger partial charge in [0.1, 0.15) is 5.75 Å². The third kappa shape index (κ3) is 3.76. The van der Waals surface area contributed by atoms with Crippen molar-refractivity contribution in [1.82, 2.24) is 4.57 Å². The Bertz CT molecular complexity index is 605. The maximum Gasteiger partial charge on any atom is 0.308 e. The molecule has 0 bridgehead atoms. The molecule has 5 heteroatoms. The standard InChI is InChI=1S/C16H21NO4/c1-3-20-15-7-5-6-14-13(15)8-9-17(14)11-12(18)10-16(19)21-4-2/h5-9,12,18H,3-4,10-11H2,1-2H3. The molecule has 0 amide bonds. The van der Waals surface area contributed by atoms with Crippen LogP contribution in [0, 0.1) is 0 Å². The minimum atomic E-state index is -0.768. The van der Waals surface area contributed by atoms with E-state index in [1.807, 2.05) is 42.0 Å². The Morgan fingerprint density at radius 3 is 2.81 bits per heavy atom. The lowest BCUT2D eigenvalue weighted by molar-refractivity contribution is -0.145. The summed E-state index contributed by atoms with van der Waals surface area (Å²) in [5.41, 5.74) is 0.976. The molecule has 5 nitrogen and oxygen atoms in total. The number of carbonyl (C=O) groups excluding carboxylic acids is 1. The van der Waals surface area contributed by atoms with Crippen LogP contribution in [0.15, 0.2) is 30.5 Å². The second-order valence-corrected chi connectivity index (χ2v) is 4.75. The number of aliphatic hydroxyl groups excluding tert-OH is 1. The molecule has 2 aromatic rings. The Hall–Kier alpha value is -2.01. The zero-order valence-corrected chi connectivity index (χ0v) is 12.4. The number of esters is 1. The monoisotopic (exact) mass is 291 g/mol. The van der Waals surface area contributed by atoms with Crippen molar-refractivity contribution >= 4 is 16.9 Å². The fourth-order valence-corrected chi connectivity index (χ4v) is 2.34. The van der Waals surface area contributed by atoms with Crippen molar-refractivity contribution in [3.05, 3.63) is 30.5 Å². The van der Waals surface area contributed by atoms with Crippen LogP contribution < -0.4 is 4.74 Å². The van der Waals surface area contributed by atoms with Crippen LogP contribution in [-0.2, 0) is 16.1 Å². The van der Waals surface area contributed by atoms with E-state index in [-0.39, 0.29) is 12.4 Å². The first kappa shape index (κ1) is 15.4. The number of hydrogen-bond donors (Lipinski definition) is 1. The van der Waals surface area contributed by atoms with Crippen molar-refractivity contribution in [2.45, 2.75) is 32.9 Å². The third-order valence-electron chi connectivity index (χ3n) is 3.19. The van der Waals surface area contributed by atoms with Crippen molar-refractivity contribution in [2.75, 3.05) is 13.2 Å². The molecule has 1 heterocycles. The number of carbonyl (C=O) groups is 1. The zero-order chi connectivity index (χ0) is 15.2. The highest BCUT2D eigenvalue weighted by molar-refractivity contribution is 5.86. The average molecular weight is 291 g/mol. The molecule has 1 aromatic heterocycles. The fourth-order valence-electron chi connectivity index (χ4n) is 2.34. The summed E-state index contributed by atoms with van der Waals surface area (Å²) in [4.78, 5) is 11.4. The first-order chi connectivity index (χ1) is 10.2. The van der Waals surface area contributed by atoms with E-state index in [2.05, 4.69) is 0 Å². The molecular formula is C16H21NO4. The number of fused-ring (bicyclic) bond motifs is 1. The van der Waals surface area contributed by atoms with Gasteiger partial charge in [-0.3, -0.25) is 4.79 Å². The van der Waals surface area contributed by atoms with Crippen molar-refractivity contribution < 1.29 is 19.4 Å². The molecule has 0 aliphatic carbocycles. The molecule has 2 rings (SSSR count). The summed E-state index contributed by atoms with van der Waals surface area (Å²) in [6, 6.07) is 7.76. The van der Waals surface area contributed by atoms with E-state index in [9.17, 15) is 9.90 Å². The summed E-state index contributed by atoms with van der Waals surface area (Å²) < 4.78 is 12.3. The van der Waals surface area contributed by atoms with Crippen molar-refractivity contribution in [3.8, 4) is 5.75 Å². The molecule has 0 aliphatic rings. The van der Waals surface area contributed by atoms with Gasteiger partial charge in [-0.1, -0.05) is 6.07 Å². The van der Waals surface area contributed by atoms with E-state index < -0.39 is 6.10 Å². The fraction of sp³-hybridized carbons (Fsp3) is 0.438. The Kier molecular flexibility index (Phi) is 5.22. The van der Waals surface area contributed by atoms with Gasteiger partial charge in [-0.05, 0) is 32.0 Å². The Morgan fingerprint density at radius 1 is 1.29 bits per heavy atom. The summed E-state index contributed by atoms with van der Waals surface area (Å²) in [6.07, 6.45) is 1.12. The minimum Gasteiger partial charge on any atom is -0.493 e. The zero-order valence-electron chi connectivity index (χ0n) is 12.4. The lowest BCUT2D eigenvalue weighted by atomic mass is 10.2. The molecule has 0 spiro atoms. The highest BCUT2D eigenvalue weighted by Gasteiger charge is 2.14. The second kappa shape index (κ2) is 7.13. The lowest BCUT2D eigenvalue weighted by Gasteiger charge is -2.12. The number of aromatic nitrogens is 1. The number of rotatable bonds is 7. The van der Waals surface area contributed by atoms with Gasteiger partial charge in [-0.2, -0.15) is 0 Å². The van der Waals surface area contributed by atoms with Gasteiger partial charge in [-0.15, -0.1) is 0 Å². The lowest BCUT2D eigenvalue weighted by Crippen LogP contribution is -2.20. The van der Waals surface area contributed by atoms with E-state index in [0.29, 0.717) is 19.8 Å². The van der Waals surface area contributed by atoms with E-state index in [1.165, 1.54) is 0 Å². The van der Waals surface area contributed by atoms with E-state index in [4.69, 9.17) is 9.47 Å². The third-order valence-corrected chi connectivity index (χ3v) is 3.19. The molecule has 1 N–H and O–H groups in total. The normalized spacial score (nSPS) is 12.3. The average Bonchev–Trinajstić information content (AvgIpc) is 2.83. The molecule has 114 valence electrons. The van der Waals surface area contributed by atoms with Crippen molar-refractivity contribution in [2.24, 2.45) is 0 Å². The van der Waals surface area contributed by atoms with Crippen LogP contribution in [0.3, 0.4) is 0 Å². The maximum atomic E-state index is 11.4. The SMILES string of the molecule is CCOC(=O)CC(O)Cn1ccc2c(OCC)cccc21. The Morgan fingerprint density at radius 2 is 2.10 bits per heavy atom. The molecule has 21 heavy (non-hydrogen) atoms. The first-order valence-corrected chi connectivity index (χ1v) is 7.20. The van der Waals surface area contributed by atoms with Crippen LogP contribution in [0.1, 0.15) is 20.3 Å². The Labute approximate surface area is 124 Å². The quantitative estimate of drug-likeness (QED) is 0.796. The first-order valence-electron chi connectivity index (χ1n) is 7.20. The van der Waals surface area contributed by atoms with Gasteiger partial charge in [0.2, 0.25) is 0 Å². The van der Waals surface area contributed by atoms with E-state index in [1.54, 1.807) is 6.92 Å². The summed E-state index contributed by atoms with van der Waals surface area (Å²) >= 11 is 0. The van der Waals surface area contributed by atoms with Gasteiger partial charge >= 0.3 is 5.97 Å². The van der Waals surface area contributed by atoms with Gasteiger partial charge in [0.15, 0.2) is 0 Å². The summed E-state index contributed by atoms with van der Waals surface area (Å²) in [6.45, 7) is 4.97. The van der Waals surface area contributed by atoms with Gasteiger partial charge in [-0.25, -0.2) is 0 Å². The van der Waals surface area contributed by atoms with Crippen LogP contribution in [0.5, 0.6) is 5.75 Å². The van der Waals surface area contributed by atoms with Crippen LogP contribution in [0.2, 0.25) is 0 Å². The summed E-state index contributed by atoms with van der Waals surface area (Å²) in [7, 11) is 0. The number of ether oxygens (including phenoxy) is 2. The largest absolute Gasteiger partial charge is 0.493 e. The van der Waals surface area contributed by atoms with Gasteiger partial charge < -0.3 is 19.1 Å². The van der Waals surface area contributed by atoms with Crippen molar-refractivity contribution in [3.63, 3.8) is 0 Å². The molecule has 0 fully saturated rings. The predicted molar refractivity (Wildman–Crippen MR) is 80.4 cm³/mol. The van der Waals surface area contributed by atoms with Crippen LogP contribution in [-0.4, -0.2) is 35.0 Å². The molecule has 1 unspecified atom stereocenters. The number of hydrogen-bond acceptors (Lipinski definition) is 4. The Balaban J connectivity index is 2.12. The molecule has 0 saturated heterocycles. The molecular weight excluding hydrogens is 270 g/mol. The summed E-state index contributed by atoms with van der Waals surface area (Å²) in [5, 5.41) is 11.0. The van der Waals surface area contributed by atoms with Crippen molar-refractivity contribution in [1.29, 1.82) is 0 Å². The summed E-state index contributed by atoms with van der Waals surface area (Å²) in [5.74, 6) is 0.449. The molecule has 1 aromatic carbocycles. The molecule has 0 aliphatic heterocycles. The smallest absolute Gasteiger partial charge is 0.308 e. The van der Waals surface area contributed by atoms with Crippen LogP contribution in [0.25, 0.3) is 10.9 Å². The minimum absolute atomic E-state index is 0.00133. The predicted octanol–water partition coefficient (Wildman–Crippen LogP) is 2.35. The highest BCUT2D eigenvalue weighted by atomic mass is 16.5. The van der Waals surface area contributed by atoms with Gasteiger partial charge in [0, 0.05) is 18.1 Å². The molecule has 0 saturated carbocycles. The van der Waals surface area contributed by atoms with Crippen LogP contribution in [0.4, 0.5) is 0 Å². The van der Waals surface area contributed by atoms with E-state index in [0.717, 1.165) is 16.7 Å². The molecule has 0 radical (unpaired) electrons. The van der Waals surface area contributed by atoms with Gasteiger partial charge in [0.05, 0.1) is 31.3 Å². The van der Waals surface area contributed by atoms with E-state index >= 15 is 0 Å². The van der Waals surface area contributed by atoms with Crippen LogP contribution >= 0.6 is 0 Å². The highest BCUT2D eigenvalue weighted by Crippen LogP contribution is 2.26. The maximum absolute atomic E-state index is 11.4. The second-order valence-electron chi connectivity index (χ2n) is 4.75. The molecule has 1 atom stereocenters. The number of nitrogens with zero attached hydrogens (tertiary/aromatic N) is 1. The number of aliphatic hydroxyl groups is 1.